The van der Waals surface area contributed by atoms with Gasteiger partial charge in [0.25, 0.3) is 5.69 Å². The van der Waals surface area contributed by atoms with Crippen molar-refractivity contribution >= 4 is 23.5 Å². The van der Waals surface area contributed by atoms with Crippen LogP contribution in [0.25, 0.3) is 6.08 Å². The molecule has 0 aliphatic carbocycles. The molecule has 2 aromatic rings. The largest absolute Gasteiger partial charge is 0.322 e. The molecule has 0 saturated carbocycles. The normalized spacial score (nSPS) is 15.0. The second-order valence-corrected chi connectivity index (χ2v) is 6.33. The van der Waals surface area contributed by atoms with Gasteiger partial charge >= 0.3 is 6.03 Å². The molecule has 2 amide bonds. The summed E-state index contributed by atoms with van der Waals surface area (Å²) in [6, 6.07) is 15.8. The summed E-state index contributed by atoms with van der Waals surface area (Å²) in [4.78, 5) is 26.6. The summed E-state index contributed by atoms with van der Waals surface area (Å²) in [7, 11) is 0. The molecule has 0 atom stereocenters. The number of urea groups is 1. The first-order valence-electron chi connectivity index (χ1n) is 8.86. The molecule has 1 aliphatic rings. The summed E-state index contributed by atoms with van der Waals surface area (Å²) in [5.41, 5.74) is 1.74. The Labute approximate surface area is 158 Å². The molecule has 0 spiro atoms. The van der Waals surface area contributed by atoms with Crippen LogP contribution in [0.5, 0.6) is 0 Å². The van der Waals surface area contributed by atoms with Crippen LogP contribution in [0.1, 0.15) is 5.56 Å². The van der Waals surface area contributed by atoms with E-state index < -0.39 is 4.92 Å². The summed E-state index contributed by atoms with van der Waals surface area (Å²) < 4.78 is 0. The van der Waals surface area contributed by atoms with Gasteiger partial charge < -0.3 is 10.2 Å². The molecule has 2 aromatic carbocycles. The number of rotatable bonds is 5. The zero-order chi connectivity index (χ0) is 19.1. The van der Waals surface area contributed by atoms with Crippen molar-refractivity contribution in [2.24, 2.45) is 0 Å². The number of carbonyl (C=O) groups excluding carboxylic acids is 1. The molecular weight excluding hydrogens is 344 g/mol. The number of nitrogens with one attached hydrogen (secondary N) is 1. The maximum absolute atomic E-state index is 12.3. The Hall–Kier alpha value is -3.19. The van der Waals surface area contributed by atoms with E-state index >= 15 is 0 Å². The van der Waals surface area contributed by atoms with Gasteiger partial charge in [-0.3, -0.25) is 15.0 Å². The highest BCUT2D eigenvalue weighted by atomic mass is 16.6. The number of amides is 2. The molecule has 7 nitrogen and oxygen atoms in total. The minimum absolute atomic E-state index is 0.00479. The van der Waals surface area contributed by atoms with Crippen LogP contribution >= 0.6 is 0 Å². The number of carbonyl (C=O) groups is 1. The number of piperazine rings is 1. The van der Waals surface area contributed by atoms with E-state index in [1.807, 2.05) is 18.2 Å². The van der Waals surface area contributed by atoms with Gasteiger partial charge in [-0.05, 0) is 17.7 Å². The van der Waals surface area contributed by atoms with Crippen LogP contribution in [-0.2, 0) is 0 Å². The molecule has 0 unspecified atom stereocenters. The highest BCUT2D eigenvalue weighted by Crippen LogP contribution is 2.16. The third kappa shape index (κ3) is 5.39. The lowest BCUT2D eigenvalue weighted by atomic mass is 10.2. The lowest BCUT2D eigenvalue weighted by Crippen LogP contribution is -2.49. The van der Waals surface area contributed by atoms with Crippen molar-refractivity contribution in [3.63, 3.8) is 0 Å². The smallest absolute Gasteiger partial charge is 0.321 e. The van der Waals surface area contributed by atoms with Crippen molar-refractivity contribution in [2.75, 3.05) is 38.0 Å². The van der Waals surface area contributed by atoms with Crippen LogP contribution in [0.2, 0.25) is 0 Å². The zero-order valence-electron chi connectivity index (χ0n) is 15.0. The number of benzene rings is 2. The molecule has 7 heteroatoms. The summed E-state index contributed by atoms with van der Waals surface area (Å²) in [6.07, 6.45) is 4.25. The molecule has 1 saturated heterocycles. The predicted molar refractivity (Wildman–Crippen MR) is 106 cm³/mol. The van der Waals surface area contributed by atoms with E-state index in [1.54, 1.807) is 17.0 Å². The standard InChI is InChI=1S/C20H22N4O3/c25-20(21-18-8-10-19(11-9-18)24(26)27)23-15-13-22(14-16-23)12-4-7-17-5-2-1-3-6-17/h1-11H,12-16H2,(H,21,25)/b7-4+. The third-order valence-electron chi connectivity index (χ3n) is 4.46. The molecule has 0 aromatic heterocycles. The molecule has 140 valence electrons. The summed E-state index contributed by atoms with van der Waals surface area (Å²) in [6.45, 7) is 3.78. The van der Waals surface area contributed by atoms with E-state index in [4.69, 9.17) is 0 Å². The number of hydrogen-bond donors (Lipinski definition) is 1. The molecule has 27 heavy (non-hydrogen) atoms. The van der Waals surface area contributed by atoms with Gasteiger partial charge in [0.1, 0.15) is 0 Å². The Bertz CT molecular complexity index is 798. The van der Waals surface area contributed by atoms with Crippen molar-refractivity contribution in [3.8, 4) is 0 Å². The fraction of sp³-hybridized carbons (Fsp3) is 0.250. The van der Waals surface area contributed by atoms with Gasteiger partial charge in [0.05, 0.1) is 4.92 Å². The van der Waals surface area contributed by atoms with Gasteiger partial charge in [-0.25, -0.2) is 4.79 Å². The van der Waals surface area contributed by atoms with E-state index in [2.05, 4.69) is 34.5 Å². The first-order chi connectivity index (χ1) is 13.1. The molecule has 1 heterocycles. The van der Waals surface area contributed by atoms with Crippen molar-refractivity contribution in [3.05, 3.63) is 76.4 Å². The quantitative estimate of drug-likeness (QED) is 0.649. The molecule has 0 bridgehead atoms. The van der Waals surface area contributed by atoms with Gasteiger partial charge in [0.2, 0.25) is 0 Å². The van der Waals surface area contributed by atoms with Gasteiger partial charge in [-0.2, -0.15) is 0 Å². The van der Waals surface area contributed by atoms with Gasteiger partial charge in [0.15, 0.2) is 0 Å². The second kappa shape index (κ2) is 8.95. The van der Waals surface area contributed by atoms with Crippen molar-refractivity contribution in [1.29, 1.82) is 0 Å². The lowest BCUT2D eigenvalue weighted by Gasteiger charge is -2.34. The number of nitrogens with zero attached hydrogens (tertiary/aromatic N) is 3. The Morgan fingerprint density at radius 3 is 2.33 bits per heavy atom. The van der Waals surface area contributed by atoms with Crippen molar-refractivity contribution in [2.45, 2.75) is 0 Å². The van der Waals surface area contributed by atoms with Crippen LogP contribution in [0.3, 0.4) is 0 Å². The predicted octanol–water partition coefficient (Wildman–Crippen LogP) is 3.46. The number of hydrogen-bond acceptors (Lipinski definition) is 4. The summed E-state index contributed by atoms with van der Waals surface area (Å²) in [5.74, 6) is 0. The molecule has 1 fully saturated rings. The lowest BCUT2D eigenvalue weighted by molar-refractivity contribution is -0.384. The first-order valence-corrected chi connectivity index (χ1v) is 8.86. The maximum Gasteiger partial charge on any atom is 0.321 e. The molecule has 0 radical (unpaired) electrons. The minimum Gasteiger partial charge on any atom is -0.322 e. The minimum atomic E-state index is -0.461. The number of non-ortho nitro benzene ring substituents is 1. The van der Waals surface area contributed by atoms with E-state index in [-0.39, 0.29) is 11.7 Å². The average molecular weight is 366 g/mol. The van der Waals surface area contributed by atoms with Crippen LogP contribution in [-0.4, -0.2) is 53.5 Å². The zero-order valence-corrected chi connectivity index (χ0v) is 15.0. The number of anilines is 1. The monoisotopic (exact) mass is 366 g/mol. The van der Waals surface area contributed by atoms with Crippen LogP contribution < -0.4 is 5.32 Å². The highest BCUT2D eigenvalue weighted by Gasteiger charge is 2.20. The Kier molecular flexibility index (Phi) is 6.17. The third-order valence-corrected chi connectivity index (χ3v) is 4.46. The average Bonchev–Trinajstić information content (AvgIpc) is 2.70. The second-order valence-electron chi connectivity index (χ2n) is 6.33. The molecular formula is C20H22N4O3. The SMILES string of the molecule is O=C(Nc1ccc([N+](=O)[O-])cc1)N1CCN(C/C=C/c2ccccc2)CC1. The topological polar surface area (TPSA) is 78.7 Å². The fourth-order valence-electron chi connectivity index (χ4n) is 2.90. The Morgan fingerprint density at radius 1 is 1.04 bits per heavy atom. The van der Waals surface area contributed by atoms with E-state index in [9.17, 15) is 14.9 Å². The van der Waals surface area contributed by atoms with Crippen molar-refractivity contribution < 1.29 is 9.72 Å². The van der Waals surface area contributed by atoms with Crippen LogP contribution in [0, 0.1) is 10.1 Å². The van der Waals surface area contributed by atoms with E-state index in [0.29, 0.717) is 18.8 Å². The first kappa shape index (κ1) is 18.6. The maximum atomic E-state index is 12.3. The Morgan fingerprint density at radius 2 is 1.70 bits per heavy atom. The van der Waals surface area contributed by atoms with E-state index in [0.717, 1.165) is 19.6 Å². The van der Waals surface area contributed by atoms with Crippen molar-refractivity contribution in [1.82, 2.24) is 9.80 Å². The van der Waals surface area contributed by atoms with Crippen LogP contribution in [0.4, 0.5) is 16.2 Å². The Balaban J connectivity index is 1.43. The number of nitro benzene ring substituents is 1. The summed E-state index contributed by atoms with van der Waals surface area (Å²) in [5, 5.41) is 13.5. The number of nitro groups is 1. The summed E-state index contributed by atoms with van der Waals surface area (Å²) >= 11 is 0. The fourth-order valence-corrected chi connectivity index (χ4v) is 2.90. The van der Waals surface area contributed by atoms with Gasteiger partial charge in [-0.1, -0.05) is 42.5 Å². The van der Waals surface area contributed by atoms with E-state index in [1.165, 1.54) is 17.7 Å². The molecule has 1 N–H and O–H groups in total. The van der Waals surface area contributed by atoms with Crippen LogP contribution in [0.15, 0.2) is 60.7 Å². The van der Waals surface area contributed by atoms with Gasteiger partial charge in [0, 0.05) is 50.5 Å². The molecule has 1 aliphatic heterocycles. The highest BCUT2D eigenvalue weighted by molar-refractivity contribution is 5.89. The van der Waals surface area contributed by atoms with Gasteiger partial charge in [-0.15, -0.1) is 0 Å². The molecule has 3 rings (SSSR count).